The van der Waals surface area contributed by atoms with Gasteiger partial charge in [-0.1, -0.05) is 35.5 Å². The van der Waals surface area contributed by atoms with E-state index in [2.05, 4.69) is 15.5 Å². The van der Waals surface area contributed by atoms with Crippen molar-refractivity contribution in [1.29, 1.82) is 0 Å². The molecular weight excluding hydrogens is 332 g/mol. The smallest absolute Gasteiger partial charge is 0.214 e. The molecule has 5 nitrogen and oxygen atoms in total. The highest BCUT2D eigenvalue weighted by Gasteiger charge is 2.08. The summed E-state index contributed by atoms with van der Waals surface area (Å²) in [5, 5.41) is 13.2. The van der Waals surface area contributed by atoms with Gasteiger partial charge >= 0.3 is 0 Å². The van der Waals surface area contributed by atoms with E-state index in [-0.39, 0.29) is 0 Å². The maximum atomic E-state index is 5.90. The predicted molar refractivity (Wildman–Crippen MR) is 91.6 cm³/mol. The summed E-state index contributed by atoms with van der Waals surface area (Å²) in [6, 6.07) is 15.4. The molecule has 0 aliphatic carbocycles. The zero-order valence-electron chi connectivity index (χ0n) is 12.5. The van der Waals surface area contributed by atoms with Crippen LogP contribution >= 0.6 is 23.4 Å². The summed E-state index contributed by atoms with van der Waals surface area (Å²) in [5.41, 5.74) is 2.06. The summed E-state index contributed by atoms with van der Waals surface area (Å²) in [6.07, 6.45) is 0. The Kier molecular flexibility index (Phi) is 5.15. The Hall–Kier alpha value is -2.05. The van der Waals surface area contributed by atoms with Crippen LogP contribution in [0.5, 0.6) is 5.75 Å². The van der Waals surface area contributed by atoms with Crippen LogP contribution in [0.15, 0.2) is 53.7 Å². The number of aromatic nitrogens is 4. The summed E-state index contributed by atoms with van der Waals surface area (Å²) in [6.45, 7) is 2.63. The van der Waals surface area contributed by atoms with Crippen LogP contribution in [0, 0.1) is 6.92 Å². The molecule has 2 aromatic carbocycles. The number of benzene rings is 2. The van der Waals surface area contributed by atoms with E-state index in [4.69, 9.17) is 16.3 Å². The summed E-state index contributed by atoms with van der Waals surface area (Å²) < 4.78 is 7.42. The van der Waals surface area contributed by atoms with Crippen LogP contribution in [-0.4, -0.2) is 32.6 Å². The number of aryl methyl sites for hydroxylation is 1. The molecule has 23 heavy (non-hydrogen) atoms. The highest BCUT2D eigenvalue weighted by atomic mass is 35.5. The molecule has 0 aliphatic heterocycles. The minimum absolute atomic E-state index is 0.585. The standard InChI is InChI=1S/C16H15ClN4OS/c1-12-3-2-4-15(11-12)22-9-10-23-16-18-19-20-21(16)14-7-5-13(17)6-8-14/h2-8,11H,9-10H2,1H3. The molecule has 1 heterocycles. The topological polar surface area (TPSA) is 52.8 Å². The first-order valence-corrected chi connectivity index (χ1v) is 8.45. The van der Waals surface area contributed by atoms with Gasteiger partial charge < -0.3 is 4.74 Å². The first-order chi connectivity index (χ1) is 11.2. The van der Waals surface area contributed by atoms with Gasteiger partial charge in [-0.05, 0) is 59.3 Å². The zero-order chi connectivity index (χ0) is 16.1. The van der Waals surface area contributed by atoms with Crippen LogP contribution in [0.4, 0.5) is 0 Å². The molecule has 0 amide bonds. The van der Waals surface area contributed by atoms with E-state index in [0.29, 0.717) is 11.6 Å². The number of ether oxygens (including phenoxy) is 1. The van der Waals surface area contributed by atoms with E-state index in [1.54, 1.807) is 16.4 Å². The second-order valence-corrected chi connectivity index (χ2v) is 6.36. The molecule has 1 aromatic heterocycles. The van der Waals surface area contributed by atoms with Gasteiger partial charge in [0.15, 0.2) is 0 Å². The highest BCUT2D eigenvalue weighted by molar-refractivity contribution is 7.99. The van der Waals surface area contributed by atoms with Crippen LogP contribution in [0.3, 0.4) is 0 Å². The van der Waals surface area contributed by atoms with Crippen molar-refractivity contribution in [3.8, 4) is 11.4 Å². The van der Waals surface area contributed by atoms with Gasteiger partial charge in [-0.25, -0.2) is 0 Å². The lowest BCUT2D eigenvalue weighted by Crippen LogP contribution is -2.03. The van der Waals surface area contributed by atoms with Gasteiger partial charge in [-0.15, -0.1) is 5.10 Å². The van der Waals surface area contributed by atoms with Gasteiger partial charge in [0, 0.05) is 10.8 Å². The van der Waals surface area contributed by atoms with E-state index in [0.717, 1.165) is 22.3 Å². The fraction of sp³-hybridized carbons (Fsp3) is 0.188. The van der Waals surface area contributed by atoms with Crippen LogP contribution in [0.2, 0.25) is 5.02 Å². The summed E-state index contributed by atoms with van der Waals surface area (Å²) in [7, 11) is 0. The number of thioether (sulfide) groups is 1. The van der Waals surface area contributed by atoms with E-state index >= 15 is 0 Å². The average molecular weight is 347 g/mol. The Morgan fingerprint density at radius 1 is 1.17 bits per heavy atom. The molecule has 0 unspecified atom stereocenters. The SMILES string of the molecule is Cc1cccc(OCCSc2nnnn2-c2ccc(Cl)cc2)c1. The Morgan fingerprint density at radius 2 is 2.00 bits per heavy atom. The van der Waals surface area contributed by atoms with Crippen molar-refractivity contribution in [3.63, 3.8) is 0 Å². The van der Waals surface area contributed by atoms with Crippen LogP contribution in [-0.2, 0) is 0 Å². The Bertz CT molecular complexity index is 776. The monoisotopic (exact) mass is 346 g/mol. The summed E-state index contributed by atoms with van der Waals surface area (Å²) >= 11 is 7.45. The van der Waals surface area contributed by atoms with Gasteiger partial charge in [0.2, 0.25) is 5.16 Å². The quantitative estimate of drug-likeness (QED) is 0.502. The van der Waals surface area contributed by atoms with E-state index in [1.807, 2.05) is 55.5 Å². The minimum Gasteiger partial charge on any atom is -0.493 e. The third kappa shape index (κ3) is 4.24. The number of hydrogen-bond acceptors (Lipinski definition) is 5. The maximum absolute atomic E-state index is 5.90. The van der Waals surface area contributed by atoms with Crippen molar-refractivity contribution < 1.29 is 4.74 Å². The third-order valence-electron chi connectivity index (χ3n) is 3.08. The second kappa shape index (κ2) is 7.48. The third-order valence-corrected chi connectivity index (χ3v) is 4.22. The fourth-order valence-electron chi connectivity index (χ4n) is 2.01. The number of tetrazole rings is 1. The molecule has 3 rings (SSSR count). The lowest BCUT2D eigenvalue weighted by atomic mass is 10.2. The van der Waals surface area contributed by atoms with Crippen molar-refractivity contribution in [2.24, 2.45) is 0 Å². The largest absolute Gasteiger partial charge is 0.493 e. The van der Waals surface area contributed by atoms with Gasteiger partial charge in [-0.2, -0.15) is 4.68 Å². The predicted octanol–water partition coefficient (Wildman–Crippen LogP) is 3.80. The lowest BCUT2D eigenvalue weighted by molar-refractivity contribution is 0.343. The highest BCUT2D eigenvalue weighted by Crippen LogP contribution is 2.20. The Labute approximate surface area is 143 Å². The molecule has 0 saturated heterocycles. The first-order valence-electron chi connectivity index (χ1n) is 7.09. The molecule has 0 radical (unpaired) electrons. The Morgan fingerprint density at radius 3 is 2.78 bits per heavy atom. The van der Waals surface area contributed by atoms with Gasteiger partial charge in [0.05, 0.1) is 12.3 Å². The second-order valence-electron chi connectivity index (χ2n) is 4.86. The fourth-order valence-corrected chi connectivity index (χ4v) is 2.84. The summed E-state index contributed by atoms with van der Waals surface area (Å²) in [5.74, 6) is 1.63. The van der Waals surface area contributed by atoms with Crippen LogP contribution in [0.1, 0.15) is 5.56 Å². The Balaban J connectivity index is 1.57. The number of hydrogen-bond donors (Lipinski definition) is 0. The van der Waals surface area contributed by atoms with E-state index < -0.39 is 0 Å². The van der Waals surface area contributed by atoms with Crippen molar-refractivity contribution >= 4 is 23.4 Å². The van der Waals surface area contributed by atoms with Crippen molar-refractivity contribution in [2.75, 3.05) is 12.4 Å². The summed E-state index contributed by atoms with van der Waals surface area (Å²) in [4.78, 5) is 0. The zero-order valence-corrected chi connectivity index (χ0v) is 14.1. The molecule has 7 heteroatoms. The molecular formula is C16H15ClN4OS. The molecule has 0 aliphatic rings. The molecule has 3 aromatic rings. The molecule has 0 atom stereocenters. The van der Waals surface area contributed by atoms with Crippen molar-refractivity contribution in [2.45, 2.75) is 12.1 Å². The van der Waals surface area contributed by atoms with Crippen molar-refractivity contribution in [3.05, 3.63) is 59.1 Å². The van der Waals surface area contributed by atoms with Gasteiger partial charge in [-0.3, -0.25) is 0 Å². The maximum Gasteiger partial charge on any atom is 0.214 e. The van der Waals surface area contributed by atoms with Gasteiger partial charge in [0.25, 0.3) is 0 Å². The number of rotatable bonds is 6. The number of nitrogens with zero attached hydrogens (tertiary/aromatic N) is 4. The molecule has 0 saturated carbocycles. The normalized spacial score (nSPS) is 10.7. The molecule has 0 N–H and O–H groups in total. The molecule has 0 bridgehead atoms. The average Bonchev–Trinajstić information content (AvgIpc) is 3.01. The van der Waals surface area contributed by atoms with Gasteiger partial charge in [0.1, 0.15) is 5.75 Å². The van der Waals surface area contributed by atoms with Crippen molar-refractivity contribution in [1.82, 2.24) is 20.2 Å². The molecule has 0 fully saturated rings. The van der Waals surface area contributed by atoms with E-state index in [9.17, 15) is 0 Å². The first kappa shape index (κ1) is 15.8. The van der Waals surface area contributed by atoms with E-state index in [1.165, 1.54) is 5.56 Å². The molecule has 0 spiro atoms. The number of halogens is 1. The molecule has 118 valence electrons. The lowest BCUT2D eigenvalue weighted by Gasteiger charge is -2.07. The minimum atomic E-state index is 0.585. The van der Waals surface area contributed by atoms with Crippen LogP contribution in [0.25, 0.3) is 5.69 Å². The van der Waals surface area contributed by atoms with Crippen LogP contribution < -0.4 is 4.74 Å².